The Labute approximate surface area is 109 Å². The van der Waals surface area contributed by atoms with Gasteiger partial charge in [0.25, 0.3) is 0 Å². The van der Waals surface area contributed by atoms with Crippen molar-refractivity contribution in [1.29, 1.82) is 0 Å². The van der Waals surface area contributed by atoms with E-state index in [1.807, 2.05) is 19.2 Å². The van der Waals surface area contributed by atoms with Crippen LogP contribution in [0.25, 0.3) is 0 Å². The Kier molecular flexibility index (Phi) is 3.20. The minimum Gasteiger partial charge on any atom is -0.324 e. The van der Waals surface area contributed by atoms with Crippen LogP contribution in [0, 0.1) is 5.41 Å². The second kappa shape index (κ2) is 4.39. The standard InChI is InChI=1S/C15H22N2O/c1-15(2,3)14(16)11-5-7-12-10(9-11)6-8-13(18)17(12)4/h5,7,9,14H,6,8,16H2,1-4H3. The number of hydrogen-bond acceptors (Lipinski definition) is 2. The lowest BCUT2D eigenvalue weighted by Gasteiger charge is -2.30. The fraction of sp³-hybridized carbons (Fsp3) is 0.533. The number of fused-ring (bicyclic) bond motifs is 1. The molecule has 2 N–H and O–H groups in total. The number of amides is 1. The summed E-state index contributed by atoms with van der Waals surface area (Å²) in [5.41, 5.74) is 9.74. The molecule has 1 amide bonds. The van der Waals surface area contributed by atoms with E-state index in [1.165, 1.54) is 5.56 Å². The number of carbonyl (C=O) groups excluding carboxylic acids is 1. The van der Waals surface area contributed by atoms with E-state index >= 15 is 0 Å². The van der Waals surface area contributed by atoms with Crippen LogP contribution >= 0.6 is 0 Å². The van der Waals surface area contributed by atoms with Crippen LogP contribution < -0.4 is 10.6 Å². The second-order valence-electron chi connectivity index (χ2n) is 6.18. The average Bonchev–Trinajstić information content (AvgIpc) is 2.31. The zero-order chi connectivity index (χ0) is 13.5. The molecule has 2 rings (SSSR count). The van der Waals surface area contributed by atoms with Gasteiger partial charge >= 0.3 is 0 Å². The van der Waals surface area contributed by atoms with E-state index in [2.05, 4.69) is 26.8 Å². The molecule has 3 heteroatoms. The summed E-state index contributed by atoms with van der Waals surface area (Å²) in [6.45, 7) is 6.44. The largest absolute Gasteiger partial charge is 0.324 e. The normalized spacial score (nSPS) is 17.6. The van der Waals surface area contributed by atoms with Crippen molar-refractivity contribution in [3.63, 3.8) is 0 Å². The predicted molar refractivity (Wildman–Crippen MR) is 74.6 cm³/mol. The van der Waals surface area contributed by atoms with Gasteiger partial charge in [0.05, 0.1) is 0 Å². The van der Waals surface area contributed by atoms with Crippen molar-refractivity contribution in [3.8, 4) is 0 Å². The van der Waals surface area contributed by atoms with Crippen molar-refractivity contribution < 1.29 is 4.79 Å². The van der Waals surface area contributed by atoms with Crippen LogP contribution in [0.3, 0.4) is 0 Å². The van der Waals surface area contributed by atoms with Gasteiger partial charge in [-0.3, -0.25) is 4.79 Å². The highest BCUT2D eigenvalue weighted by Gasteiger charge is 2.25. The second-order valence-corrected chi connectivity index (χ2v) is 6.18. The topological polar surface area (TPSA) is 46.3 Å². The maximum atomic E-state index is 11.6. The molecule has 1 aromatic rings. The van der Waals surface area contributed by atoms with Crippen LogP contribution in [-0.2, 0) is 11.2 Å². The Morgan fingerprint density at radius 1 is 1.28 bits per heavy atom. The summed E-state index contributed by atoms with van der Waals surface area (Å²) < 4.78 is 0. The molecule has 0 radical (unpaired) electrons. The third-order valence-corrected chi connectivity index (χ3v) is 3.74. The highest BCUT2D eigenvalue weighted by Crippen LogP contribution is 2.34. The number of benzene rings is 1. The predicted octanol–water partition coefficient (Wildman–Crippen LogP) is 2.64. The highest BCUT2D eigenvalue weighted by atomic mass is 16.2. The van der Waals surface area contributed by atoms with E-state index in [1.54, 1.807) is 4.90 Å². The molecule has 0 aromatic heterocycles. The van der Waals surface area contributed by atoms with Gasteiger partial charge in [-0.25, -0.2) is 0 Å². The lowest BCUT2D eigenvalue weighted by atomic mass is 9.82. The van der Waals surface area contributed by atoms with E-state index in [0.29, 0.717) is 6.42 Å². The molecule has 1 unspecified atom stereocenters. The van der Waals surface area contributed by atoms with Crippen molar-refractivity contribution in [2.24, 2.45) is 11.1 Å². The zero-order valence-electron chi connectivity index (χ0n) is 11.7. The van der Waals surface area contributed by atoms with Crippen LogP contribution in [-0.4, -0.2) is 13.0 Å². The van der Waals surface area contributed by atoms with Crippen LogP contribution in [0.5, 0.6) is 0 Å². The Hall–Kier alpha value is -1.35. The van der Waals surface area contributed by atoms with Crippen molar-refractivity contribution in [2.45, 2.75) is 39.7 Å². The smallest absolute Gasteiger partial charge is 0.227 e. The minimum atomic E-state index is 0.0192. The van der Waals surface area contributed by atoms with Crippen molar-refractivity contribution in [2.75, 3.05) is 11.9 Å². The lowest BCUT2D eigenvalue weighted by molar-refractivity contribution is -0.118. The molecule has 0 saturated heterocycles. The number of carbonyl (C=O) groups is 1. The Morgan fingerprint density at radius 3 is 2.56 bits per heavy atom. The summed E-state index contributed by atoms with van der Waals surface area (Å²) in [6.07, 6.45) is 1.42. The van der Waals surface area contributed by atoms with Gasteiger partial charge in [0.1, 0.15) is 0 Å². The Bertz CT molecular complexity index is 474. The Balaban J connectivity index is 2.37. The van der Waals surface area contributed by atoms with Crippen LogP contribution in [0.1, 0.15) is 44.4 Å². The maximum Gasteiger partial charge on any atom is 0.227 e. The first-order valence-electron chi connectivity index (χ1n) is 6.45. The fourth-order valence-electron chi connectivity index (χ4n) is 2.37. The third-order valence-electron chi connectivity index (χ3n) is 3.74. The summed E-state index contributed by atoms with van der Waals surface area (Å²) in [5.74, 6) is 0.190. The van der Waals surface area contributed by atoms with Gasteiger partial charge in [0, 0.05) is 25.2 Å². The zero-order valence-corrected chi connectivity index (χ0v) is 11.7. The quantitative estimate of drug-likeness (QED) is 0.828. The monoisotopic (exact) mass is 246 g/mol. The van der Waals surface area contributed by atoms with Crippen LogP contribution in [0.2, 0.25) is 0 Å². The summed E-state index contributed by atoms with van der Waals surface area (Å²) in [5, 5.41) is 0. The van der Waals surface area contributed by atoms with E-state index in [0.717, 1.165) is 17.7 Å². The number of aryl methyl sites for hydroxylation is 1. The first-order chi connectivity index (χ1) is 8.30. The summed E-state index contributed by atoms with van der Waals surface area (Å²) >= 11 is 0. The molecule has 18 heavy (non-hydrogen) atoms. The van der Waals surface area contributed by atoms with Crippen LogP contribution in [0.4, 0.5) is 5.69 Å². The molecule has 1 aliphatic heterocycles. The van der Waals surface area contributed by atoms with E-state index in [4.69, 9.17) is 5.73 Å². The van der Waals surface area contributed by atoms with E-state index < -0.39 is 0 Å². The third kappa shape index (κ3) is 2.27. The van der Waals surface area contributed by atoms with Crippen molar-refractivity contribution in [3.05, 3.63) is 29.3 Å². The molecule has 1 heterocycles. The minimum absolute atomic E-state index is 0.0192. The van der Waals surface area contributed by atoms with Crippen LogP contribution in [0.15, 0.2) is 18.2 Å². The highest BCUT2D eigenvalue weighted by molar-refractivity contribution is 5.95. The Morgan fingerprint density at radius 2 is 1.94 bits per heavy atom. The molecule has 0 fully saturated rings. The van der Waals surface area contributed by atoms with Gasteiger partial charge in [-0.05, 0) is 29.0 Å². The molecule has 1 atom stereocenters. The molecule has 98 valence electrons. The fourth-order valence-corrected chi connectivity index (χ4v) is 2.37. The maximum absolute atomic E-state index is 11.6. The summed E-state index contributed by atoms with van der Waals surface area (Å²) in [7, 11) is 1.84. The molecule has 0 saturated carbocycles. The summed E-state index contributed by atoms with van der Waals surface area (Å²) in [4.78, 5) is 13.4. The van der Waals surface area contributed by atoms with Crippen molar-refractivity contribution >= 4 is 11.6 Å². The first kappa shape index (κ1) is 13.1. The van der Waals surface area contributed by atoms with E-state index in [9.17, 15) is 4.79 Å². The lowest BCUT2D eigenvalue weighted by Crippen LogP contribution is -2.32. The number of anilines is 1. The SMILES string of the molecule is CN1C(=O)CCc2cc(C(N)C(C)(C)C)ccc21. The molecule has 0 aliphatic carbocycles. The van der Waals surface area contributed by atoms with Gasteiger partial charge in [0.2, 0.25) is 5.91 Å². The van der Waals surface area contributed by atoms with E-state index in [-0.39, 0.29) is 17.4 Å². The molecule has 0 bridgehead atoms. The average molecular weight is 246 g/mol. The molecule has 0 spiro atoms. The molecule has 1 aliphatic rings. The van der Waals surface area contributed by atoms with Gasteiger partial charge in [0.15, 0.2) is 0 Å². The van der Waals surface area contributed by atoms with Crippen molar-refractivity contribution in [1.82, 2.24) is 0 Å². The molecule has 1 aromatic carbocycles. The number of rotatable bonds is 1. The summed E-state index contributed by atoms with van der Waals surface area (Å²) in [6, 6.07) is 6.25. The van der Waals surface area contributed by atoms with Gasteiger partial charge in [-0.2, -0.15) is 0 Å². The first-order valence-corrected chi connectivity index (χ1v) is 6.45. The molecular formula is C15H22N2O. The number of hydrogen-bond donors (Lipinski definition) is 1. The van der Waals surface area contributed by atoms with Gasteiger partial charge in [-0.1, -0.05) is 32.9 Å². The number of nitrogens with zero attached hydrogens (tertiary/aromatic N) is 1. The molecular weight excluding hydrogens is 224 g/mol. The van der Waals surface area contributed by atoms with Gasteiger partial charge in [-0.15, -0.1) is 0 Å². The molecule has 3 nitrogen and oxygen atoms in total. The number of nitrogens with two attached hydrogens (primary N) is 1. The van der Waals surface area contributed by atoms with Gasteiger partial charge < -0.3 is 10.6 Å².